The molecule has 1 aromatic rings. The van der Waals surface area contributed by atoms with Gasteiger partial charge in [0.05, 0.1) is 17.0 Å². The second-order valence-electron chi connectivity index (χ2n) is 9.28. The SMILES string of the molecule is CC(=O)NC12C[C@H]3C[C@@H](C1)CC(C(=O)NCCSCc1ccccc1C#N)(C3)C2. The largest absolute Gasteiger partial charge is 0.355 e. The van der Waals surface area contributed by atoms with E-state index < -0.39 is 0 Å². The van der Waals surface area contributed by atoms with E-state index in [1.54, 1.807) is 18.7 Å². The molecule has 29 heavy (non-hydrogen) atoms. The first-order valence-electron chi connectivity index (χ1n) is 10.6. The number of amides is 2. The Labute approximate surface area is 177 Å². The summed E-state index contributed by atoms with van der Waals surface area (Å²) in [4.78, 5) is 25.0. The van der Waals surface area contributed by atoms with Crippen LogP contribution in [0.15, 0.2) is 24.3 Å². The second kappa shape index (κ2) is 8.02. The molecule has 6 heteroatoms. The first-order chi connectivity index (χ1) is 13.9. The van der Waals surface area contributed by atoms with E-state index in [-0.39, 0.29) is 22.8 Å². The summed E-state index contributed by atoms with van der Waals surface area (Å²) in [5.41, 5.74) is 1.30. The highest BCUT2D eigenvalue weighted by Crippen LogP contribution is 2.61. The zero-order chi connectivity index (χ0) is 20.5. The molecule has 4 aliphatic carbocycles. The van der Waals surface area contributed by atoms with Crippen LogP contribution < -0.4 is 10.6 Å². The molecule has 0 aromatic heterocycles. The van der Waals surface area contributed by atoms with Crippen LogP contribution in [0.4, 0.5) is 0 Å². The molecule has 2 unspecified atom stereocenters. The summed E-state index contributed by atoms with van der Waals surface area (Å²) >= 11 is 1.74. The Balaban J connectivity index is 1.31. The highest BCUT2D eigenvalue weighted by molar-refractivity contribution is 7.98. The van der Waals surface area contributed by atoms with E-state index in [9.17, 15) is 14.9 Å². The molecule has 0 aliphatic heterocycles. The minimum atomic E-state index is -0.301. The van der Waals surface area contributed by atoms with Crippen LogP contribution in [-0.2, 0) is 15.3 Å². The molecule has 0 heterocycles. The summed E-state index contributed by atoms with van der Waals surface area (Å²) in [6, 6.07) is 9.90. The van der Waals surface area contributed by atoms with Crippen LogP contribution in [0.2, 0.25) is 0 Å². The molecule has 2 N–H and O–H groups in total. The summed E-state index contributed by atoms with van der Waals surface area (Å²) < 4.78 is 0. The van der Waals surface area contributed by atoms with Gasteiger partial charge < -0.3 is 10.6 Å². The van der Waals surface area contributed by atoms with Crippen LogP contribution in [0.1, 0.15) is 56.6 Å². The quantitative estimate of drug-likeness (QED) is 0.674. The Morgan fingerprint density at radius 2 is 1.93 bits per heavy atom. The van der Waals surface area contributed by atoms with Gasteiger partial charge in [-0.2, -0.15) is 17.0 Å². The van der Waals surface area contributed by atoms with E-state index in [2.05, 4.69) is 16.7 Å². The minimum absolute atomic E-state index is 0.0246. The number of nitrogens with one attached hydrogen (secondary N) is 2. The van der Waals surface area contributed by atoms with Crippen LogP contribution in [0, 0.1) is 28.6 Å². The Morgan fingerprint density at radius 1 is 1.21 bits per heavy atom. The zero-order valence-corrected chi connectivity index (χ0v) is 17.8. The maximum atomic E-state index is 13.2. The van der Waals surface area contributed by atoms with Gasteiger partial charge in [-0.15, -0.1) is 0 Å². The molecule has 154 valence electrons. The van der Waals surface area contributed by atoms with Gasteiger partial charge in [0.15, 0.2) is 0 Å². The smallest absolute Gasteiger partial charge is 0.226 e. The Bertz CT molecular complexity index is 833. The fourth-order valence-corrected chi connectivity index (χ4v) is 7.27. The second-order valence-corrected chi connectivity index (χ2v) is 10.4. The predicted octanol–water partition coefficient (Wildman–Crippen LogP) is 3.38. The van der Waals surface area contributed by atoms with Crippen molar-refractivity contribution in [3.05, 3.63) is 35.4 Å². The summed E-state index contributed by atoms with van der Waals surface area (Å²) in [6.45, 7) is 2.23. The first-order valence-corrected chi connectivity index (χ1v) is 11.7. The molecule has 0 spiro atoms. The first kappa shape index (κ1) is 20.3. The van der Waals surface area contributed by atoms with Crippen LogP contribution in [0.3, 0.4) is 0 Å². The normalized spacial score (nSPS) is 31.9. The Hall–Kier alpha value is -2.00. The van der Waals surface area contributed by atoms with Gasteiger partial charge in [-0.05, 0) is 62.0 Å². The minimum Gasteiger partial charge on any atom is -0.355 e. The van der Waals surface area contributed by atoms with Gasteiger partial charge in [0.25, 0.3) is 0 Å². The van der Waals surface area contributed by atoms with Crippen molar-refractivity contribution in [2.24, 2.45) is 17.3 Å². The van der Waals surface area contributed by atoms with Gasteiger partial charge >= 0.3 is 0 Å². The number of hydrogen-bond acceptors (Lipinski definition) is 4. The average molecular weight is 412 g/mol. The predicted molar refractivity (Wildman–Crippen MR) is 114 cm³/mol. The zero-order valence-electron chi connectivity index (χ0n) is 17.0. The molecule has 4 atom stereocenters. The molecule has 0 saturated heterocycles. The van der Waals surface area contributed by atoms with Crippen molar-refractivity contribution in [2.75, 3.05) is 12.3 Å². The van der Waals surface area contributed by atoms with Gasteiger partial charge in [0, 0.05) is 30.5 Å². The summed E-state index contributed by atoms with van der Waals surface area (Å²) in [6.07, 6.45) is 6.02. The van der Waals surface area contributed by atoms with E-state index in [4.69, 9.17) is 0 Å². The van der Waals surface area contributed by atoms with E-state index >= 15 is 0 Å². The van der Waals surface area contributed by atoms with Crippen molar-refractivity contribution in [3.8, 4) is 6.07 Å². The highest BCUT2D eigenvalue weighted by atomic mass is 32.2. The third kappa shape index (κ3) is 4.16. The van der Waals surface area contributed by atoms with Crippen molar-refractivity contribution < 1.29 is 9.59 Å². The molecule has 4 fully saturated rings. The summed E-state index contributed by atoms with van der Waals surface area (Å²) in [5, 5.41) is 15.6. The Kier molecular flexibility index (Phi) is 5.61. The topological polar surface area (TPSA) is 82.0 Å². The maximum absolute atomic E-state index is 13.2. The lowest BCUT2D eigenvalue weighted by molar-refractivity contribution is -0.152. The molecule has 5 rings (SSSR count). The molecular weight excluding hydrogens is 382 g/mol. The third-order valence-electron chi connectivity index (χ3n) is 6.91. The number of hydrogen-bond donors (Lipinski definition) is 2. The monoisotopic (exact) mass is 411 g/mol. The standard InChI is InChI=1S/C23H29N3O2S/c1-16(27)26-23-11-17-8-18(12-23)10-22(9-17,15-23)21(28)25-6-7-29-14-20-5-3-2-4-19(20)13-24/h2-5,17-18H,6-12,14-15H2,1H3,(H,25,28)(H,26,27)/t17-,18+,22?,23?. The van der Waals surface area contributed by atoms with E-state index in [1.165, 1.54) is 6.42 Å². The van der Waals surface area contributed by atoms with Crippen LogP contribution >= 0.6 is 11.8 Å². The van der Waals surface area contributed by atoms with Crippen molar-refractivity contribution in [2.45, 2.75) is 56.7 Å². The fraction of sp³-hybridized carbons (Fsp3) is 0.609. The fourth-order valence-electron chi connectivity index (χ4n) is 6.41. The number of benzene rings is 1. The maximum Gasteiger partial charge on any atom is 0.226 e. The number of nitrogens with zero attached hydrogens (tertiary/aromatic N) is 1. The molecule has 1 aromatic carbocycles. The number of thioether (sulfide) groups is 1. The molecule has 2 amide bonds. The van der Waals surface area contributed by atoms with Gasteiger partial charge in [0.2, 0.25) is 11.8 Å². The highest BCUT2D eigenvalue weighted by Gasteiger charge is 2.60. The lowest BCUT2D eigenvalue weighted by Crippen LogP contribution is -2.65. The molecule has 4 aliphatic rings. The van der Waals surface area contributed by atoms with E-state index in [0.717, 1.165) is 54.7 Å². The van der Waals surface area contributed by atoms with Crippen LogP contribution in [-0.4, -0.2) is 29.7 Å². The lowest BCUT2D eigenvalue weighted by atomic mass is 9.46. The van der Waals surface area contributed by atoms with Crippen molar-refractivity contribution in [3.63, 3.8) is 0 Å². The van der Waals surface area contributed by atoms with Crippen molar-refractivity contribution in [1.29, 1.82) is 5.26 Å². The average Bonchev–Trinajstić information content (AvgIpc) is 2.65. The number of carbonyl (C=O) groups is 2. The van der Waals surface area contributed by atoms with Gasteiger partial charge in [-0.1, -0.05) is 18.2 Å². The third-order valence-corrected chi connectivity index (χ3v) is 7.92. The lowest BCUT2D eigenvalue weighted by Gasteiger charge is -2.61. The molecule has 4 saturated carbocycles. The number of nitriles is 1. The van der Waals surface area contributed by atoms with Gasteiger partial charge in [-0.3, -0.25) is 9.59 Å². The van der Waals surface area contributed by atoms with E-state index in [0.29, 0.717) is 18.4 Å². The molecular formula is C23H29N3O2S. The molecule has 4 bridgehead atoms. The van der Waals surface area contributed by atoms with Gasteiger partial charge in [-0.25, -0.2) is 0 Å². The van der Waals surface area contributed by atoms with E-state index in [1.807, 2.05) is 24.3 Å². The van der Waals surface area contributed by atoms with Crippen molar-refractivity contribution in [1.82, 2.24) is 10.6 Å². The van der Waals surface area contributed by atoms with Crippen molar-refractivity contribution >= 4 is 23.6 Å². The number of rotatable bonds is 7. The Morgan fingerprint density at radius 3 is 2.62 bits per heavy atom. The van der Waals surface area contributed by atoms with Crippen LogP contribution in [0.5, 0.6) is 0 Å². The molecule has 5 nitrogen and oxygen atoms in total. The molecule has 0 radical (unpaired) electrons. The van der Waals surface area contributed by atoms with Gasteiger partial charge in [0.1, 0.15) is 0 Å². The number of carbonyl (C=O) groups excluding carboxylic acids is 2. The van der Waals surface area contributed by atoms with Crippen LogP contribution in [0.25, 0.3) is 0 Å². The summed E-state index contributed by atoms with van der Waals surface area (Å²) in [5.74, 6) is 2.93. The summed E-state index contributed by atoms with van der Waals surface area (Å²) in [7, 11) is 0.